The summed E-state index contributed by atoms with van der Waals surface area (Å²) in [4.78, 5) is 20.1. The minimum Gasteiger partial charge on any atom is -0.368 e. The number of halogens is 1. The predicted molar refractivity (Wildman–Crippen MR) is 80.1 cm³/mol. The van der Waals surface area contributed by atoms with Gasteiger partial charge in [-0.15, -0.1) is 0 Å². The van der Waals surface area contributed by atoms with E-state index in [1.807, 2.05) is 6.92 Å². The summed E-state index contributed by atoms with van der Waals surface area (Å²) in [5, 5.41) is 6.68. The monoisotopic (exact) mass is 296 g/mol. The Balaban J connectivity index is 2.14. The van der Waals surface area contributed by atoms with Crippen molar-refractivity contribution in [3.8, 4) is 0 Å². The smallest absolute Gasteiger partial charge is 0.220 e. The molecule has 0 aromatic carbocycles. The Kier molecular flexibility index (Phi) is 4.18. The van der Waals surface area contributed by atoms with Gasteiger partial charge in [0.25, 0.3) is 0 Å². The molecular weight excluding hydrogens is 276 g/mol. The number of nitrogens with zero attached hydrogens (tertiary/aromatic N) is 2. The minimum atomic E-state index is -0.157. The van der Waals surface area contributed by atoms with Gasteiger partial charge in [-0.3, -0.25) is 4.79 Å². The Labute approximate surface area is 124 Å². The number of amides is 1. The molecule has 1 aliphatic heterocycles. The van der Waals surface area contributed by atoms with Crippen LogP contribution in [0.2, 0.25) is 5.15 Å². The average Bonchev–Trinajstić information content (AvgIpc) is 2.75. The maximum Gasteiger partial charge on any atom is 0.220 e. The van der Waals surface area contributed by atoms with E-state index in [1.165, 1.54) is 0 Å². The van der Waals surface area contributed by atoms with Crippen molar-refractivity contribution >= 4 is 23.3 Å². The van der Waals surface area contributed by atoms with Gasteiger partial charge < -0.3 is 10.6 Å². The molecule has 110 valence electrons. The van der Waals surface area contributed by atoms with Gasteiger partial charge in [-0.25, -0.2) is 9.97 Å². The number of anilines is 1. The zero-order valence-electron chi connectivity index (χ0n) is 12.4. The van der Waals surface area contributed by atoms with Crippen molar-refractivity contribution in [3.63, 3.8) is 0 Å². The maximum atomic E-state index is 11.2. The maximum absolute atomic E-state index is 11.2. The first-order chi connectivity index (χ1) is 9.27. The Morgan fingerprint density at radius 1 is 1.40 bits per heavy atom. The lowest BCUT2D eigenvalue weighted by Crippen LogP contribution is -2.32. The molecule has 1 aromatic heterocycles. The molecule has 0 bridgehead atoms. The quantitative estimate of drug-likeness (QED) is 0.841. The highest BCUT2D eigenvalue weighted by atomic mass is 35.5. The van der Waals surface area contributed by atoms with Crippen molar-refractivity contribution < 1.29 is 4.79 Å². The second-order valence-corrected chi connectivity index (χ2v) is 6.60. The van der Waals surface area contributed by atoms with Gasteiger partial charge in [0.2, 0.25) is 5.91 Å². The molecule has 2 heterocycles. The fourth-order valence-corrected chi connectivity index (χ4v) is 2.22. The molecule has 0 spiro atoms. The Bertz CT molecular complexity index is 525. The van der Waals surface area contributed by atoms with Crippen LogP contribution in [0.5, 0.6) is 0 Å². The second kappa shape index (κ2) is 5.56. The highest BCUT2D eigenvalue weighted by Crippen LogP contribution is 2.26. The number of nitrogens with one attached hydrogen (secondary N) is 2. The van der Waals surface area contributed by atoms with Crippen LogP contribution < -0.4 is 10.6 Å². The lowest BCUT2D eigenvalue weighted by Gasteiger charge is -2.20. The van der Waals surface area contributed by atoms with E-state index >= 15 is 0 Å². The lowest BCUT2D eigenvalue weighted by molar-refractivity contribution is -0.119. The number of hydrogen-bond acceptors (Lipinski definition) is 4. The standard InChI is InChI=1S/C14H21ClN4O/c1-8-11(15)18-13(14(2,3)4)19-12(8)16-7-9-5-6-10(20)17-9/h9H,5-7H2,1-4H3,(H,17,20)(H,16,18,19). The van der Waals surface area contributed by atoms with Gasteiger partial charge in [0.1, 0.15) is 16.8 Å². The predicted octanol–water partition coefficient (Wildman–Crippen LogP) is 2.43. The molecule has 1 fully saturated rings. The Hall–Kier alpha value is -1.36. The summed E-state index contributed by atoms with van der Waals surface area (Å²) in [5.74, 6) is 1.58. The van der Waals surface area contributed by atoms with Crippen LogP contribution in [0.1, 0.15) is 45.0 Å². The van der Waals surface area contributed by atoms with Gasteiger partial charge in [-0.2, -0.15) is 0 Å². The van der Waals surface area contributed by atoms with E-state index < -0.39 is 0 Å². The van der Waals surface area contributed by atoms with E-state index in [0.717, 1.165) is 17.8 Å². The number of carbonyl (C=O) groups excluding carboxylic acids is 1. The normalized spacial score (nSPS) is 19.1. The van der Waals surface area contributed by atoms with E-state index in [4.69, 9.17) is 11.6 Å². The Morgan fingerprint density at radius 2 is 2.10 bits per heavy atom. The molecule has 1 aliphatic rings. The van der Waals surface area contributed by atoms with Crippen LogP contribution in [0.4, 0.5) is 5.82 Å². The van der Waals surface area contributed by atoms with Crippen LogP contribution in [0.25, 0.3) is 0 Å². The van der Waals surface area contributed by atoms with Gasteiger partial charge >= 0.3 is 0 Å². The molecule has 1 saturated heterocycles. The van der Waals surface area contributed by atoms with Crippen molar-refractivity contribution in [2.75, 3.05) is 11.9 Å². The van der Waals surface area contributed by atoms with Crippen LogP contribution in [-0.2, 0) is 10.2 Å². The first kappa shape index (κ1) is 15.0. The molecule has 0 saturated carbocycles. The summed E-state index contributed by atoms with van der Waals surface area (Å²) in [6.07, 6.45) is 1.46. The van der Waals surface area contributed by atoms with Gasteiger partial charge in [0, 0.05) is 30.0 Å². The summed E-state index contributed by atoms with van der Waals surface area (Å²) in [6.45, 7) is 8.70. The highest BCUT2D eigenvalue weighted by molar-refractivity contribution is 6.30. The number of rotatable bonds is 3. The van der Waals surface area contributed by atoms with Crippen LogP contribution in [0, 0.1) is 6.92 Å². The molecule has 1 amide bonds. The van der Waals surface area contributed by atoms with Crippen LogP contribution in [0.3, 0.4) is 0 Å². The highest BCUT2D eigenvalue weighted by Gasteiger charge is 2.23. The van der Waals surface area contributed by atoms with Gasteiger partial charge in [0.15, 0.2) is 0 Å². The van der Waals surface area contributed by atoms with E-state index in [1.54, 1.807) is 0 Å². The molecule has 1 atom stereocenters. The van der Waals surface area contributed by atoms with Crippen molar-refractivity contribution in [2.24, 2.45) is 0 Å². The number of carbonyl (C=O) groups is 1. The molecular formula is C14H21ClN4O. The van der Waals surface area contributed by atoms with Gasteiger partial charge in [-0.05, 0) is 13.3 Å². The van der Waals surface area contributed by atoms with E-state index in [-0.39, 0.29) is 17.4 Å². The topological polar surface area (TPSA) is 66.9 Å². The first-order valence-corrected chi connectivity index (χ1v) is 7.23. The fourth-order valence-electron chi connectivity index (χ4n) is 2.05. The minimum absolute atomic E-state index is 0.115. The largest absolute Gasteiger partial charge is 0.368 e. The third-order valence-corrected chi connectivity index (χ3v) is 3.73. The molecule has 2 rings (SSSR count). The first-order valence-electron chi connectivity index (χ1n) is 6.85. The van der Waals surface area contributed by atoms with Crippen molar-refractivity contribution in [3.05, 3.63) is 16.5 Å². The van der Waals surface area contributed by atoms with Crippen molar-refractivity contribution in [2.45, 2.75) is 52.0 Å². The number of aromatic nitrogens is 2. The molecule has 0 aliphatic carbocycles. The SMILES string of the molecule is Cc1c(Cl)nc(C(C)(C)C)nc1NCC1CCC(=O)N1. The lowest BCUT2D eigenvalue weighted by atomic mass is 9.95. The summed E-state index contributed by atoms with van der Waals surface area (Å²) < 4.78 is 0. The zero-order chi connectivity index (χ0) is 14.9. The molecule has 2 N–H and O–H groups in total. The average molecular weight is 297 g/mol. The summed E-state index contributed by atoms with van der Waals surface area (Å²) in [6, 6.07) is 0.161. The third kappa shape index (κ3) is 3.39. The summed E-state index contributed by atoms with van der Waals surface area (Å²) in [5.41, 5.74) is 0.680. The van der Waals surface area contributed by atoms with Crippen LogP contribution in [-0.4, -0.2) is 28.5 Å². The van der Waals surface area contributed by atoms with E-state index in [0.29, 0.717) is 23.9 Å². The van der Waals surface area contributed by atoms with Gasteiger partial charge in [-0.1, -0.05) is 32.4 Å². The molecule has 1 unspecified atom stereocenters. The zero-order valence-corrected chi connectivity index (χ0v) is 13.1. The van der Waals surface area contributed by atoms with Gasteiger partial charge in [0.05, 0.1) is 0 Å². The second-order valence-electron chi connectivity index (χ2n) is 6.25. The van der Waals surface area contributed by atoms with Crippen LogP contribution in [0.15, 0.2) is 0 Å². The molecule has 5 nitrogen and oxygen atoms in total. The summed E-state index contributed by atoms with van der Waals surface area (Å²) >= 11 is 6.18. The number of hydrogen-bond donors (Lipinski definition) is 2. The summed E-state index contributed by atoms with van der Waals surface area (Å²) in [7, 11) is 0. The fraction of sp³-hybridized carbons (Fsp3) is 0.643. The van der Waals surface area contributed by atoms with Crippen molar-refractivity contribution in [1.82, 2.24) is 15.3 Å². The molecule has 0 radical (unpaired) electrons. The molecule has 6 heteroatoms. The van der Waals surface area contributed by atoms with E-state index in [2.05, 4.69) is 41.4 Å². The van der Waals surface area contributed by atoms with Crippen LogP contribution >= 0.6 is 11.6 Å². The van der Waals surface area contributed by atoms with E-state index in [9.17, 15) is 4.79 Å². The molecule has 20 heavy (non-hydrogen) atoms. The van der Waals surface area contributed by atoms with Crippen molar-refractivity contribution in [1.29, 1.82) is 0 Å². The molecule has 1 aromatic rings. The Morgan fingerprint density at radius 3 is 2.65 bits per heavy atom. The third-order valence-electron chi connectivity index (χ3n) is 3.36.